The van der Waals surface area contributed by atoms with Gasteiger partial charge in [0.1, 0.15) is 5.70 Å². The highest BCUT2D eigenvalue weighted by Crippen LogP contribution is 2.28. The van der Waals surface area contributed by atoms with E-state index in [9.17, 15) is 20.2 Å². The molecular formula is C5H4Cl2N4O4. The van der Waals surface area contributed by atoms with Crippen LogP contribution in [0.1, 0.15) is 0 Å². The summed E-state index contributed by atoms with van der Waals surface area (Å²) in [6, 6.07) is 0. The fourth-order valence-corrected chi connectivity index (χ4v) is 1.52. The lowest BCUT2D eigenvalue weighted by Gasteiger charge is -2.20. The number of hydrogen-bond acceptors (Lipinski definition) is 6. The second-order valence-corrected chi connectivity index (χ2v) is 3.53. The zero-order valence-electron chi connectivity index (χ0n) is 6.94. The monoisotopic (exact) mass is 254 g/mol. The van der Waals surface area contributed by atoms with Crippen molar-refractivity contribution in [1.29, 1.82) is 0 Å². The van der Waals surface area contributed by atoms with Crippen LogP contribution in [0, 0.1) is 20.2 Å². The van der Waals surface area contributed by atoms with E-state index in [0.717, 1.165) is 0 Å². The molecule has 82 valence electrons. The summed E-state index contributed by atoms with van der Waals surface area (Å²) in [5.74, 6) is 0. The van der Waals surface area contributed by atoms with Gasteiger partial charge in [0.15, 0.2) is 5.16 Å². The van der Waals surface area contributed by atoms with Gasteiger partial charge in [-0.1, -0.05) is 11.6 Å². The average molecular weight is 255 g/mol. The summed E-state index contributed by atoms with van der Waals surface area (Å²) in [5.41, 5.74) is 4.13. The minimum Gasteiger partial charge on any atom is -0.393 e. The average Bonchev–Trinajstić information content (AvgIpc) is 2.00. The molecule has 1 atom stereocenters. The smallest absolute Gasteiger partial charge is 0.393 e. The number of nitrogens with zero attached hydrogens (tertiary/aromatic N) is 2. The topological polar surface area (TPSA) is 124 Å². The van der Waals surface area contributed by atoms with Crippen LogP contribution < -0.4 is 11.1 Å². The Morgan fingerprint density at radius 3 is 2.33 bits per heavy atom. The molecule has 0 radical (unpaired) electrons. The molecule has 0 spiro atoms. The maximum absolute atomic E-state index is 10.5. The zero-order chi connectivity index (χ0) is 11.8. The minimum atomic E-state index is -2.25. The molecule has 1 unspecified atom stereocenters. The van der Waals surface area contributed by atoms with E-state index in [1.807, 2.05) is 5.32 Å². The van der Waals surface area contributed by atoms with E-state index >= 15 is 0 Å². The van der Waals surface area contributed by atoms with Crippen LogP contribution in [-0.2, 0) is 0 Å². The summed E-state index contributed by atoms with van der Waals surface area (Å²) < 4.78 is 0. The summed E-state index contributed by atoms with van der Waals surface area (Å²) in [6.07, 6.45) is 0.707. The number of dihydropyridines is 1. The predicted octanol–water partition coefficient (Wildman–Crippen LogP) is 0.286. The SMILES string of the molecule is NC1=CC(Cl)([N+](=O)[O-])NC(Cl)=C1[N+](=O)[O-]. The van der Waals surface area contributed by atoms with Crippen molar-refractivity contribution in [2.45, 2.75) is 5.12 Å². The molecule has 1 heterocycles. The van der Waals surface area contributed by atoms with Gasteiger partial charge in [0, 0.05) is 0 Å². The van der Waals surface area contributed by atoms with Crippen molar-refractivity contribution in [3.63, 3.8) is 0 Å². The maximum atomic E-state index is 10.5. The Hall–Kier alpha value is -1.54. The number of hydrogen-bond donors (Lipinski definition) is 2. The van der Waals surface area contributed by atoms with E-state index in [4.69, 9.17) is 28.9 Å². The van der Waals surface area contributed by atoms with Crippen LogP contribution in [0.4, 0.5) is 0 Å². The summed E-state index contributed by atoms with van der Waals surface area (Å²) in [5, 5.41) is 20.1. The molecule has 0 aromatic carbocycles. The third-order valence-electron chi connectivity index (χ3n) is 1.56. The number of nitrogens with one attached hydrogen (secondary N) is 1. The molecule has 15 heavy (non-hydrogen) atoms. The lowest BCUT2D eigenvalue weighted by atomic mass is 10.2. The molecule has 0 saturated carbocycles. The standard InChI is InChI=1S/C5H4Cl2N4O4/c6-4-3(10(12)13)2(8)1-5(7,9-4)11(14)15/h1,9H,8H2. The molecule has 0 fully saturated rings. The Balaban J connectivity index is 3.21. The minimum absolute atomic E-state index is 0.463. The second-order valence-electron chi connectivity index (χ2n) is 2.57. The van der Waals surface area contributed by atoms with Gasteiger partial charge in [-0.15, -0.1) is 0 Å². The van der Waals surface area contributed by atoms with Crippen LogP contribution in [0.2, 0.25) is 0 Å². The second kappa shape index (κ2) is 3.55. The molecule has 3 N–H and O–H groups in total. The largest absolute Gasteiger partial charge is 0.394 e. The quantitative estimate of drug-likeness (QED) is 0.316. The van der Waals surface area contributed by atoms with Crippen LogP contribution in [0.25, 0.3) is 0 Å². The molecule has 0 aliphatic carbocycles. The zero-order valence-corrected chi connectivity index (χ0v) is 8.45. The Morgan fingerprint density at radius 1 is 1.47 bits per heavy atom. The number of alkyl halides is 1. The lowest BCUT2D eigenvalue weighted by Crippen LogP contribution is -2.47. The lowest BCUT2D eigenvalue weighted by molar-refractivity contribution is -0.534. The molecule has 10 heteroatoms. The summed E-state index contributed by atoms with van der Waals surface area (Å²) in [4.78, 5) is 19.2. The molecule has 0 saturated heterocycles. The summed E-state index contributed by atoms with van der Waals surface area (Å²) in [6.45, 7) is 0. The van der Waals surface area contributed by atoms with Gasteiger partial charge in [0.2, 0.25) is 0 Å². The third-order valence-corrected chi connectivity index (χ3v) is 2.18. The Bertz CT molecular complexity index is 406. The van der Waals surface area contributed by atoms with Crippen molar-refractivity contribution in [3.8, 4) is 0 Å². The molecule has 1 aliphatic heterocycles. The molecule has 8 nitrogen and oxygen atoms in total. The Kier molecular flexibility index (Phi) is 2.73. The van der Waals surface area contributed by atoms with Crippen molar-refractivity contribution in [1.82, 2.24) is 5.32 Å². The first-order chi connectivity index (χ1) is 6.78. The number of nitrogens with two attached hydrogens (primary N) is 1. The molecule has 1 rings (SSSR count). The first-order valence-electron chi connectivity index (χ1n) is 3.42. The van der Waals surface area contributed by atoms with Crippen molar-refractivity contribution in [2.75, 3.05) is 0 Å². The molecule has 0 bridgehead atoms. The molecule has 1 aliphatic rings. The van der Waals surface area contributed by atoms with Crippen LogP contribution in [-0.4, -0.2) is 15.0 Å². The Morgan fingerprint density at radius 2 is 2.00 bits per heavy atom. The highest BCUT2D eigenvalue weighted by Gasteiger charge is 2.45. The van der Waals surface area contributed by atoms with Gasteiger partial charge < -0.3 is 5.73 Å². The van der Waals surface area contributed by atoms with Gasteiger partial charge in [-0.2, -0.15) is 0 Å². The van der Waals surface area contributed by atoms with Crippen LogP contribution in [0.3, 0.4) is 0 Å². The number of nitro groups is 2. The van der Waals surface area contributed by atoms with Crippen molar-refractivity contribution < 1.29 is 9.85 Å². The van der Waals surface area contributed by atoms with Gasteiger partial charge in [-0.05, 0) is 11.6 Å². The first-order valence-corrected chi connectivity index (χ1v) is 4.18. The molecule has 0 aromatic rings. The first kappa shape index (κ1) is 11.5. The molecule has 0 amide bonds. The van der Waals surface area contributed by atoms with Crippen molar-refractivity contribution >= 4 is 23.2 Å². The third kappa shape index (κ3) is 1.95. The van der Waals surface area contributed by atoms with Gasteiger partial charge in [-0.3, -0.25) is 25.5 Å². The van der Waals surface area contributed by atoms with Crippen LogP contribution in [0.5, 0.6) is 0 Å². The highest BCUT2D eigenvalue weighted by atomic mass is 35.5. The van der Waals surface area contributed by atoms with Gasteiger partial charge in [0.05, 0.1) is 15.9 Å². The summed E-state index contributed by atoms with van der Waals surface area (Å²) >= 11 is 10.9. The number of rotatable bonds is 2. The maximum Gasteiger partial charge on any atom is 0.394 e. The van der Waals surface area contributed by atoms with E-state index in [2.05, 4.69) is 0 Å². The fourth-order valence-electron chi connectivity index (χ4n) is 0.934. The van der Waals surface area contributed by atoms with E-state index in [0.29, 0.717) is 6.08 Å². The van der Waals surface area contributed by atoms with Gasteiger partial charge in [-0.25, -0.2) is 0 Å². The highest BCUT2D eigenvalue weighted by molar-refractivity contribution is 6.31. The van der Waals surface area contributed by atoms with Gasteiger partial charge in [0.25, 0.3) is 0 Å². The van der Waals surface area contributed by atoms with E-state index in [1.165, 1.54) is 0 Å². The summed E-state index contributed by atoms with van der Waals surface area (Å²) in [7, 11) is 0. The predicted molar refractivity (Wildman–Crippen MR) is 50.9 cm³/mol. The molecule has 0 aromatic heterocycles. The van der Waals surface area contributed by atoms with Crippen LogP contribution >= 0.6 is 23.2 Å². The fraction of sp³-hybridized carbons (Fsp3) is 0.200. The van der Waals surface area contributed by atoms with E-state index in [-0.39, 0.29) is 0 Å². The van der Waals surface area contributed by atoms with E-state index < -0.39 is 31.5 Å². The Labute approximate surface area is 92.6 Å². The normalized spacial score (nSPS) is 25.6. The van der Waals surface area contributed by atoms with Gasteiger partial charge >= 0.3 is 10.8 Å². The van der Waals surface area contributed by atoms with E-state index in [1.54, 1.807) is 0 Å². The van der Waals surface area contributed by atoms with Crippen LogP contribution in [0.15, 0.2) is 22.6 Å². The van der Waals surface area contributed by atoms with Crippen molar-refractivity contribution in [3.05, 3.63) is 42.9 Å². The van der Waals surface area contributed by atoms with Crippen molar-refractivity contribution in [2.24, 2.45) is 5.73 Å². The molecular weight excluding hydrogens is 251 g/mol. The number of halogens is 2.